The number of likely N-dealkylation sites (tertiary alicyclic amines) is 1. The molecule has 1 atom stereocenters. The van der Waals surface area contributed by atoms with E-state index >= 15 is 0 Å². The Morgan fingerprint density at radius 3 is 2.77 bits per heavy atom. The maximum atomic E-state index is 10.8. The third kappa shape index (κ3) is 3.32. The van der Waals surface area contributed by atoms with Crippen molar-refractivity contribution in [3.63, 3.8) is 0 Å². The first-order chi connectivity index (χ1) is 6.24. The summed E-state index contributed by atoms with van der Waals surface area (Å²) in [5, 5.41) is 0. The summed E-state index contributed by atoms with van der Waals surface area (Å²) in [7, 11) is 0. The highest BCUT2D eigenvalue weighted by Crippen LogP contribution is 2.15. The van der Waals surface area contributed by atoms with Gasteiger partial charge in [-0.1, -0.05) is 12.8 Å². The molecule has 76 valence electrons. The molecule has 0 saturated carbocycles. The predicted octanol–water partition coefficient (Wildman–Crippen LogP) is -0.325. The topological polar surface area (TPSA) is 72.3 Å². The van der Waals surface area contributed by atoms with Crippen LogP contribution in [0.5, 0.6) is 0 Å². The standard InChI is InChI=1S/C9H19N3O/c10-6-8-4-2-1-3-5-12(8)7-9(11)13/h8H,1-7,10H2,(H2,11,13). The zero-order valence-electron chi connectivity index (χ0n) is 8.04. The van der Waals surface area contributed by atoms with Gasteiger partial charge in [-0.05, 0) is 19.4 Å². The average molecular weight is 185 g/mol. The van der Waals surface area contributed by atoms with Crippen molar-refractivity contribution < 1.29 is 4.79 Å². The number of hydrogen-bond donors (Lipinski definition) is 2. The minimum atomic E-state index is -0.250. The monoisotopic (exact) mass is 185 g/mol. The van der Waals surface area contributed by atoms with E-state index in [1.54, 1.807) is 0 Å². The average Bonchev–Trinajstić information content (AvgIpc) is 2.28. The fourth-order valence-electron chi connectivity index (χ4n) is 1.91. The van der Waals surface area contributed by atoms with Crippen LogP contribution in [0.4, 0.5) is 0 Å². The second-order valence-corrected chi connectivity index (χ2v) is 3.68. The molecule has 1 heterocycles. The van der Waals surface area contributed by atoms with Gasteiger partial charge >= 0.3 is 0 Å². The summed E-state index contributed by atoms with van der Waals surface area (Å²) in [6.45, 7) is 1.96. The summed E-state index contributed by atoms with van der Waals surface area (Å²) >= 11 is 0. The van der Waals surface area contributed by atoms with Crippen LogP contribution in [-0.2, 0) is 4.79 Å². The lowest BCUT2D eigenvalue weighted by Crippen LogP contribution is -2.44. The number of hydrogen-bond acceptors (Lipinski definition) is 3. The van der Waals surface area contributed by atoms with Gasteiger partial charge in [0.05, 0.1) is 6.54 Å². The van der Waals surface area contributed by atoms with Crippen molar-refractivity contribution in [3.05, 3.63) is 0 Å². The molecule has 0 aromatic carbocycles. The highest BCUT2D eigenvalue weighted by atomic mass is 16.1. The van der Waals surface area contributed by atoms with Gasteiger partial charge in [0.1, 0.15) is 0 Å². The molecule has 1 unspecified atom stereocenters. The second-order valence-electron chi connectivity index (χ2n) is 3.68. The van der Waals surface area contributed by atoms with Crippen LogP contribution in [0, 0.1) is 0 Å². The van der Waals surface area contributed by atoms with Gasteiger partial charge in [-0.15, -0.1) is 0 Å². The first kappa shape index (κ1) is 10.5. The molecule has 1 aliphatic rings. The lowest BCUT2D eigenvalue weighted by atomic mass is 10.1. The zero-order chi connectivity index (χ0) is 9.68. The molecule has 4 heteroatoms. The van der Waals surface area contributed by atoms with Crippen LogP contribution in [0.15, 0.2) is 0 Å². The van der Waals surface area contributed by atoms with Crippen molar-refractivity contribution in [2.75, 3.05) is 19.6 Å². The maximum Gasteiger partial charge on any atom is 0.231 e. The first-order valence-electron chi connectivity index (χ1n) is 4.96. The Hall–Kier alpha value is -0.610. The number of nitrogens with zero attached hydrogens (tertiary/aromatic N) is 1. The Balaban J connectivity index is 2.48. The number of carbonyl (C=O) groups excluding carboxylic acids is 1. The van der Waals surface area contributed by atoms with Crippen LogP contribution in [0.2, 0.25) is 0 Å². The Bertz CT molecular complexity index is 172. The summed E-state index contributed by atoms with van der Waals surface area (Å²) in [5.41, 5.74) is 10.8. The van der Waals surface area contributed by atoms with E-state index < -0.39 is 0 Å². The fourth-order valence-corrected chi connectivity index (χ4v) is 1.91. The Morgan fingerprint density at radius 2 is 2.15 bits per heavy atom. The van der Waals surface area contributed by atoms with Crippen LogP contribution in [0.3, 0.4) is 0 Å². The highest BCUT2D eigenvalue weighted by Gasteiger charge is 2.20. The number of nitrogens with two attached hydrogens (primary N) is 2. The molecule has 0 radical (unpaired) electrons. The van der Waals surface area contributed by atoms with E-state index in [0.717, 1.165) is 19.4 Å². The lowest BCUT2D eigenvalue weighted by Gasteiger charge is -2.27. The quantitative estimate of drug-likeness (QED) is 0.632. The van der Waals surface area contributed by atoms with Gasteiger partial charge < -0.3 is 11.5 Å². The molecule has 1 fully saturated rings. The Labute approximate surface area is 79.3 Å². The first-order valence-corrected chi connectivity index (χ1v) is 4.96. The van der Waals surface area contributed by atoms with Crippen molar-refractivity contribution in [3.8, 4) is 0 Å². The zero-order valence-corrected chi connectivity index (χ0v) is 8.04. The van der Waals surface area contributed by atoms with Crippen molar-refractivity contribution in [1.29, 1.82) is 0 Å². The van der Waals surface area contributed by atoms with Crippen LogP contribution < -0.4 is 11.5 Å². The highest BCUT2D eigenvalue weighted by molar-refractivity contribution is 5.75. The molecular formula is C9H19N3O. The molecule has 1 amide bonds. The molecule has 4 N–H and O–H groups in total. The Morgan fingerprint density at radius 1 is 1.38 bits per heavy atom. The number of carbonyl (C=O) groups is 1. The third-order valence-electron chi connectivity index (χ3n) is 2.63. The molecule has 0 spiro atoms. The van der Waals surface area contributed by atoms with Gasteiger partial charge in [0.2, 0.25) is 5.91 Å². The number of amides is 1. The van der Waals surface area contributed by atoms with E-state index in [1.807, 2.05) is 0 Å². The van der Waals surface area contributed by atoms with Crippen LogP contribution in [0.25, 0.3) is 0 Å². The number of primary amides is 1. The van der Waals surface area contributed by atoms with Crippen LogP contribution >= 0.6 is 0 Å². The van der Waals surface area contributed by atoms with E-state index in [-0.39, 0.29) is 5.91 Å². The Kier molecular flexibility index (Phi) is 4.18. The molecule has 1 rings (SSSR count). The molecule has 0 aromatic rings. The molecule has 0 bridgehead atoms. The summed E-state index contributed by atoms with van der Waals surface area (Å²) in [6, 6.07) is 0.356. The van der Waals surface area contributed by atoms with E-state index in [0.29, 0.717) is 19.1 Å². The number of rotatable bonds is 3. The van der Waals surface area contributed by atoms with Crippen molar-refractivity contribution in [1.82, 2.24) is 4.90 Å². The van der Waals surface area contributed by atoms with E-state index in [9.17, 15) is 4.79 Å². The summed E-state index contributed by atoms with van der Waals surface area (Å²) in [5.74, 6) is -0.250. The van der Waals surface area contributed by atoms with Gasteiger partial charge in [-0.3, -0.25) is 9.69 Å². The minimum absolute atomic E-state index is 0.250. The molecule has 1 aliphatic heterocycles. The van der Waals surface area contributed by atoms with E-state index in [4.69, 9.17) is 11.5 Å². The van der Waals surface area contributed by atoms with Crippen LogP contribution in [0.1, 0.15) is 25.7 Å². The SMILES string of the molecule is NCC1CCCCCN1CC(N)=O. The van der Waals surface area contributed by atoms with Crippen LogP contribution in [-0.4, -0.2) is 36.5 Å². The second kappa shape index (κ2) is 5.19. The molecule has 1 saturated heterocycles. The van der Waals surface area contributed by atoms with Gasteiger partial charge in [0, 0.05) is 12.6 Å². The largest absolute Gasteiger partial charge is 0.369 e. The molecule has 4 nitrogen and oxygen atoms in total. The van der Waals surface area contributed by atoms with Gasteiger partial charge in [0.25, 0.3) is 0 Å². The molecule has 13 heavy (non-hydrogen) atoms. The summed E-state index contributed by atoms with van der Waals surface area (Å²) < 4.78 is 0. The lowest BCUT2D eigenvalue weighted by molar-refractivity contribution is -0.119. The van der Waals surface area contributed by atoms with E-state index in [1.165, 1.54) is 12.8 Å². The summed E-state index contributed by atoms with van der Waals surface area (Å²) in [6.07, 6.45) is 4.72. The third-order valence-corrected chi connectivity index (χ3v) is 2.63. The van der Waals surface area contributed by atoms with Crippen molar-refractivity contribution in [2.24, 2.45) is 11.5 Å². The van der Waals surface area contributed by atoms with Gasteiger partial charge in [0.15, 0.2) is 0 Å². The van der Waals surface area contributed by atoms with Gasteiger partial charge in [-0.2, -0.15) is 0 Å². The maximum absolute atomic E-state index is 10.8. The fraction of sp³-hybridized carbons (Fsp3) is 0.889. The minimum Gasteiger partial charge on any atom is -0.369 e. The summed E-state index contributed by atoms with van der Waals surface area (Å²) in [4.78, 5) is 12.9. The smallest absolute Gasteiger partial charge is 0.231 e. The van der Waals surface area contributed by atoms with Gasteiger partial charge in [-0.25, -0.2) is 0 Å². The molecule has 0 aliphatic carbocycles. The molecular weight excluding hydrogens is 166 g/mol. The van der Waals surface area contributed by atoms with E-state index in [2.05, 4.69) is 4.90 Å². The van der Waals surface area contributed by atoms with Crippen molar-refractivity contribution in [2.45, 2.75) is 31.7 Å². The normalized spacial score (nSPS) is 25.5. The van der Waals surface area contributed by atoms with Crippen molar-refractivity contribution >= 4 is 5.91 Å². The molecule has 0 aromatic heterocycles. The predicted molar refractivity (Wildman–Crippen MR) is 52.1 cm³/mol.